The van der Waals surface area contributed by atoms with Gasteiger partial charge in [-0.1, -0.05) is 32.0 Å². The molecule has 1 aromatic heterocycles. The van der Waals surface area contributed by atoms with Gasteiger partial charge in [-0.05, 0) is 24.5 Å². The molecule has 0 saturated heterocycles. The Kier molecular flexibility index (Phi) is 5.37. The number of aromatic nitrogens is 2. The molecular formula is C16H21N3O2. The van der Waals surface area contributed by atoms with Gasteiger partial charge < -0.3 is 10.1 Å². The summed E-state index contributed by atoms with van der Waals surface area (Å²) in [5.74, 6) is 1.72. The number of rotatable bonds is 7. The number of anilines is 1. The van der Waals surface area contributed by atoms with Crippen LogP contribution in [0.15, 0.2) is 36.4 Å². The van der Waals surface area contributed by atoms with Crippen molar-refractivity contribution in [3.8, 4) is 5.75 Å². The van der Waals surface area contributed by atoms with Gasteiger partial charge in [-0.2, -0.15) is 5.10 Å². The highest BCUT2D eigenvalue weighted by Crippen LogP contribution is 2.15. The lowest BCUT2D eigenvalue weighted by molar-refractivity contribution is -0.116. The molecule has 0 aliphatic carbocycles. The Labute approximate surface area is 124 Å². The van der Waals surface area contributed by atoms with E-state index < -0.39 is 0 Å². The Morgan fingerprint density at radius 1 is 1.33 bits per heavy atom. The molecule has 21 heavy (non-hydrogen) atoms. The van der Waals surface area contributed by atoms with Crippen LogP contribution in [0.25, 0.3) is 0 Å². The molecule has 1 heterocycles. The highest BCUT2D eigenvalue weighted by Gasteiger charge is 2.08. The summed E-state index contributed by atoms with van der Waals surface area (Å²) in [7, 11) is 0. The van der Waals surface area contributed by atoms with Crippen LogP contribution in [0.1, 0.15) is 38.3 Å². The van der Waals surface area contributed by atoms with Crippen LogP contribution in [0.4, 0.5) is 5.82 Å². The third-order valence-corrected chi connectivity index (χ3v) is 3.05. The van der Waals surface area contributed by atoms with E-state index in [1.807, 2.05) is 36.4 Å². The molecule has 0 spiro atoms. The lowest BCUT2D eigenvalue weighted by Gasteiger charge is -2.05. The molecular weight excluding hydrogens is 266 g/mol. The molecule has 0 saturated carbocycles. The first kappa shape index (κ1) is 15.1. The van der Waals surface area contributed by atoms with Gasteiger partial charge in [-0.25, -0.2) is 0 Å². The summed E-state index contributed by atoms with van der Waals surface area (Å²) < 4.78 is 5.54. The summed E-state index contributed by atoms with van der Waals surface area (Å²) >= 11 is 0. The van der Waals surface area contributed by atoms with Crippen LogP contribution in [0.2, 0.25) is 0 Å². The fourth-order valence-electron chi connectivity index (χ4n) is 1.84. The number of carbonyl (C=O) groups is 1. The van der Waals surface area contributed by atoms with Gasteiger partial charge in [0, 0.05) is 18.2 Å². The second-order valence-electron chi connectivity index (χ2n) is 5.18. The summed E-state index contributed by atoms with van der Waals surface area (Å²) in [4.78, 5) is 11.8. The molecule has 0 bridgehead atoms. The summed E-state index contributed by atoms with van der Waals surface area (Å²) in [6.45, 7) is 4.66. The van der Waals surface area contributed by atoms with Crippen LogP contribution in [-0.4, -0.2) is 22.7 Å². The Bertz CT molecular complexity index is 564. The monoisotopic (exact) mass is 287 g/mol. The number of aromatic amines is 1. The van der Waals surface area contributed by atoms with Crippen molar-refractivity contribution in [2.24, 2.45) is 0 Å². The van der Waals surface area contributed by atoms with Gasteiger partial charge in [0.25, 0.3) is 0 Å². The summed E-state index contributed by atoms with van der Waals surface area (Å²) in [6.07, 6.45) is 1.08. The van der Waals surface area contributed by atoms with Crippen LogP contribution in [0, 0.1) is 0 Å². The van der Waals surface area contributed by atoms with E-state index in [1.165, 1.54) is 0 Å². The Morgan fingerprint density at radius 2 is 2.10 bits per heavy atom. The van der Waals surface area contributed by atoms with Crippen molar-refractivity contribution in [2.45, 2.75) is 32.6 Å². The van der Waals surface area contributed by atoms with Crippen molar-refractivity contribution < 1.29 is 9.53 Å². The molecule has 1 amide bonds. The lowest BCUT2D eigenvalue weighted by Crippen LogP contribution is -2.13. The second kappa shape index (κ2) is 7.47. The molecule has 5 heteroatoms. The third-order valence-electron chi connectivity index (χ3n) is 3.05. The number of H-pyrrole nitrogens is 1. The van der Waals surface area contributed by atoms with E-state index in [1.54, 1.807) is 0 Å². The fraction of sp³-hybridized carbons (Fsp3) is 0.375. The van der Waals surface area contributed by atoms with E-state index >= 15 is 0 Å². The predicted molar refractivity (Wildman–Crippen MR) is 82.5 cm³/mol. The van der Waals surface area contributed by atoms with E-state index in [4.69, 9.17) is 4.74 Å². The zero-order valence-electron chi connectivity index (χ0n) is 12.4. The first-order valence-electron chi connectivity index (χ1n) is 7.18. The lowest BCUT2D eigenvalue weighted by atomic mass is 10.1. The minimum absolute atomic E-state index is 0.0477. The molecule has 0 aliphatic heterocycles. The van der Waals surface area contributed by atoms with Crippen molar-refractivity contribution >= 4 is 11.7 Å². The van der Waals surface area contributed by atoms with Gasteiger partial charge in [-0.3, -0.25) is 9.89 Å². The number of nitrogens with one attached hydrogen (secondary N) is 2. The largest absolute Gasteiger partial charge is 0.494 e. The van der Waals surface area contributed by atoms with Gasteiger partial charge in [0.05, 0.1) is 6.61 Å². The predicted octanol–water partition coefficient (Wildman–Crippen LogP) is 3.33. The Balaban J connectivity index is 1.67. The molecule has 2 aromatic rings. The van der Waals surface area contributed by atoms with E-state index in [0.29, 0.717) is 31.2 Å². The van der Waals surface area contributed by atoms with Crippen LogP contribution in [0.5, 0.6) is 5.75 Å². The molecule has 0 fully saturated rings. The molecule has 2 rings (SSSR count). The molecule has 1 aromatic carbocycles. The zero-order chi connectivity index (χ0) is 15.1. The van der Waals surface area contributed by atoms with Crippen LogP contribution >= 0.6 is 0 Å². The third kappa shape index (κ3) is 4.95. The smallest absolute Gasteiger partial charge is 0.225 e. The number of hydrogen-bond donors (Lipinski definition) is 2. The number of para-hydroxylation sites is 1. The maximum absolute atomic E-state index is 11.8. The van der Waals surface area contributed by atoms with Crippen molar-refractivity contribution in [3.63, 3.8) is 0 Å². The molecule has 0 radical (unpaired) electrons. The van der Waals surface area contributed by atoms with Gasteiger partial charge in [-0.15, -0.1) is 0 Å². The van der Waals surface area contributed by atoms with Gasteiger partial charge in [0.1, 0.15) is 5.75 Å². The molecule has 5 nitrogen and oxygen atoms in total. The molecule has 0 aliphatic rings. The zero-order valence-corrected chi connectivity index (χ0v) is 12.4. The van der Waals surface area contributed by atoms with Gasteiger partial charge >= 0.3 is 0 Å². The van der Waals surface area contributed by atoms with E-state index in [-0.39, 0.29) is 5.91 Å². The van der Waals surface area contributed by atoms with E-state index in [0.717, 1.165) is 11.4 Å². The highest BCUT2D eigenvalue weighted by molar-refractivity contribution is 5.89. The van der Waals surface area contributed by atoms with Gasteiger partial charge in [0.2, 0.25) is 5.91 Å². The minimum atomic E-state index is -0.0477. The van der Waals surface area contributed by atoms with Crippen LogP contribution in [0.3, 0.4) is 0 Å². The van der Waals surface area contributed by atoms with Crippen molar-refractivity contribution in [1.29, 1.82) is 0 Å². The number of amides is 1. The number of ether oxygens (including phenoxy) is 1. The normalized spacial score (nSPS) is 10.6. The number of nitrogens with zero attached hydrogens (tertiary/aromatic N) is 1. The number of carbonyl (C=O) groups excluding carboxylic acids is 1. The van der Waals surface area contributed by atoms with Gasteiger partial charge in [0.15, 0.2) is 5.82 Å². The first-order chi connectivity index (χ1) is 10.1. The highest BCUT2D eigenvalue weighted by atomic mass is 16.5. The maximum Gasteiger partial charge on any atom is 0.225 e. The first-order valence-corrected chi connectivity index (χ1v) is 7.18. The van der Waals surface area contributed by atoms with Crippen molar-refractivity contribution in [3.05, 3.63) is 42.1 Å². The van der Waals surface area contributed by atoms with E-state index in [9.17, 15) is 4.79 Å². The second-order valence-corrected chi connectivity index (χ2v) is 5.18. The standard InChI is InChI=1S/C16H21N3O2/c1-12(2)14-11-15(19-18-14)17-16(20)9-6-10-21-13-7-4-3-5-8-13/h3-5,7-8,11-12H,6,9-10H2,1-2H3,(H2,17,18,19,20). The minimum Gasteiger partial charge on any atom is -0.494 e. The average molecular weight is 287 g/mol. The van der Waals surface area contributed by atoms with E-state index in [2.05, 4.69) is 29.4 Å². The summed E-state index contributed by atoms with van der Waals surface area (Å²) in [5.41, 5.74) is 1.01. The quantitative estimate of drug-likeness (QED) is 0.768. The van der Waals surface area contributed by atoms with Crippen molar-refractivity contribution in [1.82, 2.24) is 10.2 Å². The van der Waals surface area contributed by atoms with Crippen LogP contribution < -0.4 is 10.1 Å². The fourth-order valence-corrected chi connectivity index (χ4v) is 1.84. The molecule has 0 unspecified atom stereocenters. The average Bonchev–Trinajstić information content (AvgIpc) is 2.93. The topological polar surface area (TPSA) is 67.0 Å². The van der Waals surface area contributed by atoms with Crippen molar-refractivity contribution in [2.75, 3.05) is 11.9 Å². The summed E-state index contributed by atoms with van der Waals surface area (Å²) in [5, 5.41) is 9.75. The SMILES string of the molecule is CC(C)c1cc(NC(=O)CCCOc2ccccc2)n[nH]1. The van der Waals surface area contributed by atoms with Crippen LogP contribution in [-0.2, 0) is 4.79 Å². The Morgan fingerprint density at radius 3 is 2.76 bits per heavy atom. The number of hydrogen-bond acceptors (Lipinski definition) is 3. The summed E-state index contributed by atoms with van der Waals surface area (Å²) in [6, 6.07) is 11.4. The molecule has 0 atom stereocenters. The molecule has 2 N–H and O–H groups in total. The molecule has 112 valence electrons. The maximum atomic E-state index is 11.8. The number of benzene rings is 1. The Hall–Kier alpha value is -2.30.